The van der Waals surface area contributed by atoms with Crippen molar-refractivity contribution in [2.75, 3.05) is 19.8 Å². The average Bonchev–Trinajstić information content (AvgIpc) is 3.29. The van der Waals surface area contributed by atoms with Gasteiger partial charge in [0.25, 0.3) is 0 Å². The predicted octanol–water partition coefficient (Wildman–Crippen LogP) is 11.1. The van der Waals surface area contributed by atoms with Gasteiger partial charge in [-0.05, 0) is 83.5 Å². The summed E-state index contributed by atoms with van der Waals surface area (Å²) >= 11 is 0. The van der Waals surface area contributed by atoms with Crippen molar-refractivity contribution in [2.45, 2.75) is 230 Å². The second-order valence-electron chi connectivity index (χ2n) is 17.3. The van der Waals surface area contributed by atoms with E-state index in [1.165, 1.54) is 57.8 Å². The lowest BCUT2D eigenvalue weighted by atomic mass is 9.85. The van der Waals surface area contributed by atoms with Gasteiger partial charge in [0.2, 0.25) is 0 Å². The van der Waals surface area contributed by atoms with Gasteiger partial charge >= 0.3 is 13.8 Å². The zero-order valence-electron chi connectivity index (χ0n) is 40.3. The van der Waals surface area contributed by atoms with Crippen LogP contribution in [0.2, 0.25) is 0 Å². The van der Waals surface area contributed by atoms with Crippen LogP contribution in [0, 0.1) is 0 Å². The van der Waals surface area contributed by atoms with Crippen LogP contribution in [0.1, 0.15) is 187 Å². The third-order valence-electron chi connectivity index (χ3n) is 11.3. The first-order valence-corrected chi connectivity index (χ1v) is 26.8. The third-order valence-corrected chi connectivity index (χ3v) is 12.3. The standard InChI is InChI=1S/C52H91O12P/c1-3-5-7-9-11-13-15-17-19-21-22-23-24-25-26-28-30-32-34-36-38-40-42-61-43-45(44-62-65(59,60)64-52-50(57)48(55)47(54)49(56)51(52)58)63-46(53)41-39-37-35-33-31-29-27-20-18-16-14-12-10-8-6-4-2/h5,7,11,13-14,16-17,19-20,22-23,27,45,47-52,54-58H,3-4,6,8-10,12,15,18,21,24-26,28-44H2,1-2H3,(H,59,60)/b7-5-,13-11-,16-14-,19-17-,23-22-,27-20-. The lowest BCUT2D eigenvalue weighted by molar-refractivity contribution is -0.220. The maximum atomic E-state index is 12.8. The number of ether oxygens (including phenoxy) is 2. The molecule has 0 radical (unpaired) electrons. The highest BCUT2D eigenvalue weighted by Gasteiger charge is 2.51. The molecule has 0 spiro atoms. The number of carbonyl (C=O) groups is 1. The highest BCUT2D eigenvalue weighted by Crippen LogP contribution is 2.47. The molecular formula is C52H91O12P. The summed E-state index contributed by atoms with van der Waals surface area (Å²) in [6.07, 6.45) is 42.5. The van der Waals surface area contributed by atoms with E-state index >= 15 is 0 Å². The Morgan fingerprint density at radius 3 is 1.38 bits per heavy atom. The van der Waals surface area contributed by atoms with Crippen molar-refractivity contribution in [1.82, 2.24) is 0 Å². The first-order valence-electron chi connectivity index (χ1n) is 25.3. The van der Waals surface area contributed by atoms with E-state index in [1.807, 2.05) is 0 Å². The van der Waals surface area contributed by atoms with Gasteiger partial charge in [-0.15, -0.1) is 0 Å². The summed E-state index contributed by atoms with van der Waals surface area (Å²) in [4.78, 5) is 23.2. The molecule has 6 atom stereocenters. The van der Waals surface area contributed by atoms with Crippen molar-refractivity contribution in [3.63, 3.8) is 0 Å². The third kappa shape index (κ3) is 33.8. The van der Waals surface area contributed by atoms with Crippen LogP contribution in [0.4, 0.5) is 0 Å². The van der Waals surface area contributed by atoms with Gasteiger partial charge in [0, 0.05) is 13.0 Å². The number of carbonyl (C=O) groups excluding carboxylic acids is 1. The van der Waals surface area contributed by atoms with Crippen LogP contribution in [-0.4, -0.2) is 98.9 Å². The van der Waals surface area contributed by atoms with Crippen LogP contribution >= 0.6 is 7.82 Å². The smallest absolute Gasteiger partial charge is 0.457 e. The molecule has 65 heavy (non-hydrogen) atoms. The molecule has 1 aliphatic carbocycles. The summed E-state index contributed by atoms with van der Waals surface area (Å²) in [6.45, 7) is 4.10. The maximum Gasteiger partial charge on any atom is 0.472 e. The minimum absolute atomic E-state index is 0.0901. The van der Waals surface area contributed by atoms with Crippen molar-refractivity contribution in [3.8, 4) is 0 Å². The van der Waals surface area contributed by atoms with Gasteiger partial charge in [-0.2, -0.15) is 0 Å². The summed E-state index contributed by atoms with van der Waals surface area (Å²) in [5, 5.41) is 50.3. The van der Waals surface area contributed by atoms with E-state index in [1.54, 1.807) is 0 Å². The van der Waals surface area contributed by atoms with E-state index in [0.29, 0.717) is 13.0 Å². The molecule has 0 amide bonds. The van der Waals surface area contributed by atoms with Crippen LogP contribution in [0.15, 0.2) is 72.9 Å². The minimum atomic E-state index is -5.03. The van der Waals surface area contributed by atoms with E-state index in [9.17, 15) is 39.8 Å². The fourth-order valence-electron chi connectivity index (χ4n) is 7.32. The molecule has 376 valence electrons. The van der Waals surface area contributed by atoms with E-state index in [2.05, 4.69) is 86.8 Å². The van der Waals surface area contributed by atoms with Crippen LogP contribution in [0.3, 0.4) is 0 Å². The van der Waals surface area contributed by atoms with Crippen molar-refractivity contribution >= 4 is 13.8 Å². The highest BCUT2D eigenvalue weighted by atomic mass is 31.2. The molecule has 0 saturated heterocycles. The van der Waals surface area contributed by atoms with Gasteiger partial charge in [0.1, 0.15) is 42.7 Å². The Balaban J connectivity index is 2.36. The number of allylic oxidation sites excluding steroid dienone is 12. The van der Waals surface area contributed by atoms with Gasteiger partial charge < -0.3 is 39.9 Å². The second kappa shape index (κ2) is 41.9. The maximum absolute atomic E-state index is 12.8. The second-order valence-corrected chi connectivity index (χ2v) is 18.7. The fraction of sp³-hybridized carbons (Fsp3) is 0.750. The minimum Gasteiger partial charge on any atom is -0.457 e. The first kappa shape index (κ1) is 60.8. The summed E-state index contributed by atoms with van der Waals surface area (Å²) in [5.74, 6) is -0.495. The Labute approximate surface area is 393 Å². The van der Waals surface area contributed by atoms with Crippen LogP contribution < -0.4 is 0 Å². The number of aliphatic hydroxyl groups excluding tert-OH is 5. The zero-order chi connectivity index (χ0) is 47.6. The molecule has 0 aliphatic heterocycles. The van der Waals surface area contributed by atoms with Crippen molar-refractivity contribution in [1.29, 1.82) is 0 Å². The fourth-order valence-corrected chi connectivity index (χ4v) is 8.29. The van der Waals surface area contributed by atoms with Crippen molar-refractivity contribution < 1.29 is 58.3 Å². The summed E-state index contributed by atoms with van der Waals surface area (Å²) in [5.41, 5.74) is 0. The molecular weight excluding hydrogens is 848 g/mol. The van der Waals surface area contributed by atoms with Crippen molar-refractivity contribution in [2.24, 2.45) is 0 Å². The molecule has 1 rings (SSSR count). The number of unbranched alkanes of at least 4 members (excludes halogenated alkanes) is 18. The van der Waals surface area contributed by atoms with Crippen molar-refractivity contribution in [3.05, 3.63) is 72.9 Å². The number of phosphoric ester groups is 1. The molecule has 12 nitrogen and oxygen atoms in total. The highest BCUT2D eigenvalue weighted by molar-refractivity contribution is 7.47. The molecule has 1 fully saturated rings. The molecule has 0 aromatic heterocycles. The number of phosphoric acid groups is 1. The van der Waals surface area contributed by atoms with E-state index in [-0.39, 0.29) is 13.0 Å². The lowest BCUT2D eigenvalue weighted by Crippen LogP contribution is -2.64. The van der Waals surface area contributed by atoms with E-state index in [4.69, 9.17) is 18.5 Å². The van der Waals surface area contributed by atoms with Gasteiger partial charge in [-0.1, -0.05) is 170 Å². The van der Waals surface area contributed by atoms with Crippen LogP contribution in [-0.2, 0) is 27.9 Å². The van der Waals surface area contributed by atoms with Crippen LogP contribution in [0.5, 0.6) is 0 Å². The number of hydrogen-bond acceptors (Lipinski definition) is 11. The Morgan fingerprint density at radius 2 is 0.908 bits per heavy atom. The lowest BCUT2D eigenvalue weighted by Gasteiger charge is -2.41. The topological polar surface area (TPSA) is 192 Å². The normalized spacial score (nSPS) is 22.2. The molecule has 0 aromatic rings. The van der Waals surface area contributed by atoms with Gasteiger partial charge in [-0.25, -0.2) is 4.57 Å². The van der Waals surface area contributed by atoms with Gasteiger partial charge in [-0.3, -0.25) is 13.8 Å². The average molecular weight is 939 g/mol. The molecule has 1 saturated carbocycles. The first-order chi connectivity index (χ1) is 31.5. The molecule has 0 heterocycles. The monoisotopic (exact) mass is 939 g/mol. The number of aliphatic hydroxyl groups is 5. The largest absolute Gasteiger partial charge is 0.472 e. The molecule has 0 bridgehead atoms. The summed E-state index contributed by atoms with van der Waals surface area (Å²) in [7, 11) is -5.03. The Morgan fingerprint density at radius 1 is 0.508 bits per heavy atom. The molecule has 13 heteroatoms. The quantitative estimate of drug-likeness (QED) is 0.0147. The van der Waals surface area contributed by atoms with Gasteiger partial charge in [0.15, 0.2) is 0 Å². The summed E-state index contributed by atoms with van der Waals surface area (Å²) < 4.78 is 34.3. The number of esters is 1. The van der Waals surface area contributed by atoms with Crippen LogP contribution in [0.25, 0.3) is 0 Å². The Bertz CT molecular complexity index is 1350. The Hall–Kier alpha value is -2.22. The predicted molar refractivity (Wildman–Crippen MR) is 262 cm³/mol. The van der Waals surface area contributed by atoms with E-state index in [0.717, 1.165) is 103 Å². The molecule has 6 unspecified atom stereocenters. The molecule has 0 aromatic carbocycles. The SMILES string of the molecule is CC/C=C\C/C=C\C/C=C\C/C=C\CCCCCCCCCCCOCC(COP(=O)(O)OC1C(O)C(O)C(O)C(O)C1O)OC(=O)CCCCCCC/C=C\C/C=C\CCCCCC. The van der Waals surface area contributed by atoms with E-state index < -0.39 is 63.1 Å². The summed E-state index contributed by atoms with van der Waals surface area (Å²) in [6, 6.07) is 0. The number of hydrogen-bond donors (Lipinski definition) is 6. The number of rotatable bonds is 42. The zero-order valence-corrected chi connectivity index (χ0v) is 41.2. The molecule has 1 aliphatic rings. The van der Waals surface area contributed by atoms with Gasteiger partial charge in [0.05, 0.1) is 13.2 Å². The molecule has 6 N–H and O–H groups in total. The Kier molecular flexibility index (Phi) is 39.2.